The number of hydrogen-bond acceptors (Lipinski definition) is 7. The fourth-order valence-corrected chi connectivity index (χ4v) is 7.36. The van der Waals surface area contributed by atoms with E-state index in [0.29, 0.717) is 26.1 Å². The van der Waals surface area contributed by atoms with Gasteiger partial charge in [-0.25, -0.2) is 0 Å². The van der Waals surface area contributed by atoms with Gasteiger partial charge in [-0.3, -0.25) is 0 Å². The maximum absolute atomic E-state index is 10.8. The lowest BCUT2D eigenvalue weighted by Crippen LogP contribution is -2.40. The summed E-state index contributed by atoms with van der Waals surface area (Å²) in [5.74, 6) is 0. The molecule has 0 aromatic carbocycles. The minimum Gasteiger partial charge on any atom is -0.393 e. The highest BCUT2D eigenvalue weighted by Gasteiger charge is 2.14. The predicted octanol–water partition coefficient (Wildman–Crippen LogP) is 9.85. The molecule has 0 heterocycles. The van der Waals surface area contributed by atoms with Gasteiger partial charge in [0, 0.05) is 26.2 Å². The van der Waals surface area contributed by atoms with Gasteiger partial charge in [-0.2, -0.15) is 0 Å². The van der Waals surface area contributed by atoms with Crippen molar-refractivity contribution in [2.24, 2.45) is 0 Å². The normalized spacial score (nSPS) is 13.8. The molecule has 0 amide bonds. The van der Waals surface area contributed by atoms with Crippen LogP contribution in [0, 0.1) is 0 Å². The Morgan fingerprint density at radius 2 is 0.673 bits per heavy atom. The molecule has 0 aliphatic rings. The van der Waals surface area contributed by atoms with Crippen molar-refractivity contribution in [3.05, 3.63) is 0 Å². The molecule has 0 aromatic rings. The van der Waals surface area contributed by atoms with E-state index in [0.717, 1.165) is 65.1 Å². The number of nitrogens with one attached hydrogen (secondary N) is 2. The van der Waals surface area contributed by atoms with Crippen molar-refractivity contribution in [3.63, 3.8) is 0 Å². The van der Waals surface area contributed by atoms with E-state index in [-0.39, 0.29) is 18.3 Å². The molecule has 0 aromatic heterocycles. The zero-order valence-electron chi connectivity index (χ0n) is 35.8. The van der Waals surface area contributed by atoms with Gasteiger partial charge in [0.1, 0.15) is 0 Å². The summed E-state index contributed by atoms with van der Waals surface area (Å²) in [7, 11) is 0. The first-order chi connectivity index (χ1) is 25.4. The summed E-state index contributed by atoms with van der Waals surface area (Å²) in [6.45, 7) is 17.2. The lowest BCUT2D eigenvalue weighted by Gasteiger charge is -2.27. The Bertz CT molecular complexity index is 670. The highest BCUT2D eigenvalue weighted by molar-refractivity contribution is 4.71. The van der Waals surface area contributed by atoms with Crippen molar-refractivity contribution in [3.8, 4) is 0 Å². The first kappa shape index (κ1) is 51.7. The lowest BCUT2D eigenvalue weighted by atomic mass is 10.1. The van der Waals surface area contributed by atoms with Gasteiger partial charge >= 0.3 is 0 Å². The molecule has 7 nitrogen and oxygen atoms in total. The van der Waals surface area contributed by atoms with E-state index in [1.807, 2.05) is 6.92 Å². The average Bonchev–Trinajstić information content (AvgIpc) is 3.12. The Morgan fingerprint density at radius 1 is 0.385 bits per heavy atom. The molecular weight excluding hydrogens is 645 g/mol. The molecule has 0 aliphatic heterocycles. The number of nitrogens with zero attached hydrogens (tertiary/aromatic N) is 2. The van der Waals surface area contributed by atoms with Gasteiger partial charge < -0.3 is 35.8 Å². The molecule has 314 valence electrons. The van der Waals surface area contributed by atoms with Crippen LogP contribution >= 0.6 is 0 Å². The SMILES string of the molecule is CCCCCCCCCCCCCCN(CCCCN(CCCCCCCCCCCCCC)CC(O)CNCCC(C)O)CC(O)CNCCC. The quantitative estimate of drug-likeness (QED) is 0.0398. The maximum Gasteiger partial charge on any atom is 0.0791 e. The van der Waals surface area contributed by atoms with E-state index >= 15 is 0 Å². The number of rotatable bonds is 44. The molecule has 3 unspecified atom stereocenters. The molecule has 52 heavy (non-hydrogen) atoms. The second-order valence-corrected chi connectivity index (χ2v) is 16.4. The molecule has 7 heteroatoms. The van der Waals surface area contributed by atoms with Crippen LogP contribution in [0.1, 0.15) is 207 Å². The molecule has 0 saturated heterocycles. The van der Waals surface area contributed by atoms with Crippen LogP contribution < -0.4 is 10.6 Å². The summed E-state index contributed by atoms with van der Waals surface area (Å²) >= 11 is 0. The Balaban J connectivity index is 4.62. The van der Waals surface area contributed by atoms with Gasteiger partial charge in [-0.05, 0) is 84.7 Å². The average molecular weight is 741 g/mol. The Labute approximate surface area is 326 Å². The fraction of sp³-hybridized carbons (Fsp3) is 1.00. The third-order valence-corrected chi connectivity index (χ3v) is 10.7. The van der Waals surface area contributed by atoms with E-state index in [4.69, 9.17) is 0 Å². The zero-order chi connectivity index (χ0) is 38.2. The van der Waals surface area contributed by atoms with Gasteiger partial charge in [0.25, 0.3) is 0 Å². The number of aliphatic hydroxyl groups is 3. The van der Waals surface area contributed by atoms with Crippen LogP contribution in [0.15, 0.2) is 0 Å². The molecule has 0 spiro atoms. The van der Waals surface area contributed by atoms with Crippen molar-refractivity contribution in [2.75, 3.05) is 65.4 Å². The fourth-order valence-electron chi connectivity index (χ4n) is 7.36. The Kier molecular flexibility index (Phi) is 41.6. The van der Waals surface area contributed by atoms with Crippen molar-refractivity contribution >= 4 is 0 Å². The molecular formula is C45H96N4O3. The van der Waals surface area contributed by atoms with Crippen molar-refractivity contribution in [2.45, 2.75) is 226 Å². The summed E-state index contributed by atoms with van der Waals surface area (Å²) in [6, 6.07) is 0. The summed E-state index contributed by atoms with van der Waals surface area (Å²) in [4.78, 5) is 5.02. The minimum atomic E-state index is -0.389. The smallest absolute Gasteiger partial charge is 0.0791 e. The minimum absolute atomic E-state index is 0.306. The first-order valence-electron chi connectivity index (χ1n) is 23.3. The standard InChI is InChI=1S/C45H96N4O3/c1-5-8-10-12-14-16-18-20-22-24-26-28-35-48(41-44(51)39-46-33-7-3)37-30-31-38-49(42-45(52)40-47-34-32-43(4)50)36-29-27-25-23-21-19-17-15-13-11-9-6-2/h43-47,50-52H,5-42H2,1-4H3. The third kappa shape index (κ3) is 39.4. The van der Waals surface area contributed by atoms with Crippen LogP contribution in [0.3, 0.4) is 0 Å². The molecule has 0 aliphatic carbocycles. The molecule has 0 rings (SSSR count). The van der Waals surface area contributed by atoms with Crippen LogP contribution in [-0.4, -0.2) is 109 Å². The van der Waals surface area contributed by atoms with Crippen molar-refractivity contribution in [1.82, 2.24) is 20.4 Å². The second kappa shape index (κ2) is 41.9. The Morgan fingerprint density at radius 3 is 0.981 bits per heavy atom. The van der Waals surface area contributed by atoms with Gasteiger partial charge in [0.2, 0.25) is 0 Å². The largest absolute Gasteiger partial charge is 0.393 e. The molecule has 0 radical (unpaired) electrons. The number of hydrogen-bond donors (Lipinski definition) is 5. The highest BCUT2D eigenvalue weighted by atomic mass is 16.3. The van der Waals surface area contributed by atoms with E-state index in [9.17, 15) is 15.3 Å². The monoisotopic (exact) mass is 741 g/mol. The summed E-state index contributed by atoms with van der Waals surface area (Å²) < 4.78 is 0. The van der Waals surface area contributed by atoms with E-state index < -0.39 is 0 Å². The van der Waals surface area contributed by atoms with E-state index in [1.165, 1.54) is 154 Å². The predicted molar refractivity (Wildman–Crippen MR) is 229 cm³/mol. The van der Waals surface area contributed by atoms with E-state index in [1.54, 1.807) is 0 Å². The summed E-state index contributed by atoms with van der Waals surface area (Å²) in [6.07, 6.45) is 35.8. The van der Waals surface area contributed by atoms with Gasteiger partial charge in [0.15, 0.2) is 0 Å². The molecule has 3 atom stereocenters. The van der Waals surface area contributed by atoms with Crippen molar-refractivity contribution in [1.29, 1.82) is 0 Å². The molecule has 5 N–H and O–H groups in total. The lowest BCUT2D eigenvalue weighted by molar-refractivity contribution is 0.100. The van der Waals surface area contributed by atoms with Gasteiger partial charge in [-0.15, -0.1) is 0 Å². The van der Waals surface area contributed by atoms with E-state index in [2.05, 4.69) is 41.2 Å². The summed E-state index contributed by atoms with van der Waals surface area (Å²) in [5.41, 5.74) is 0. The van der Waals surface area contributed by atoms with Crippen LogP contribution in [0.5, 0.6) is 0 Å². The third-order valence-electron chi connectivity index (χ3n) is 10.7. The number of aliphatic hydroxyl groups excluding tert-OH is 3. The molecule has 0 saturated carbocycles. The van der Waals surface area contributed by atoms with Crippen molar-refractivity contribution < 1.29 is 15.3 Å². The zero-order valence-corrected chi connectivity index (χ0v) is 35.8. The van der Waals surface area contributed by atoms with Gasteiger partial charge in [-0.1, -0.05) is 162 Å². The molecule has 0 bridgehead atoms. The second-order valence-electron chi connectivity index (χ2n) is 16.4. The van der Waals surface area contributed by atoms with Gasteiger partial charge in [0.05, 0.1) is 18.3 Å². The number of unbranched alkanes of at least 4 members (excludes halogenated alkanes) is 23. The topological polar surface area (TPSA) is 91.2 Å². The molecule has 0 fully saturated rings. The maximum atomic E-state index is 10.8. The van der Waals surface area contributed by atoms with Crippen LogP contribution in [0.2, 0.25) is 0 Å². The first-order valence-corrected chi connectivity index (χ1v) is 23.3. The summed E-state index contributed by atoms with van der Waals surface area (Å²) in [5, 5.41) is 37.9. The van der Waals surface area contributed by atoms with Crippen LogP contribution in [0.4, 0.5) is 0 Å². The van der Waals surface area contributed by atoms with Crippen LogP contribution in [0.25, 0.3) is 0 Å². The Hall–Kier alpha value is -0.280. The van der Waals surface area contributed by atoms with Crippen LogP contribution in [-0.2, 0) is 0 Å². The highest BCUT2D eigenvalue weighted by Crippen LogP contribution is 2.14.